The number of hydrogen-bond donors (Lipinski definition) is 0. The lowest BCUT2D eigenvalue weighted by atomic mass is 10.4. The average Bonchev–Trinajstić information content (AvgIpc) is 2.15. The minimum atomic E-state index is -4.27. The van der Waals surface area contributed by atoms with Crippen LogP contribution in [0.4, 0.5) is 13.2 Å². The van der Waals surface area contributed by atoms with Gasteiger partial charge < -0.3 is 4.57 Å². The molecule has 0 amide bonds. The second-order valence-corrected chi connectivity index (χ2v) is 3.98. The van der Waals surface area contributed by atoms with Gasteiger partial charge in [0.05, 0.1) is 0 Å². The summed E-state index contributed by atoms with van der Waals surface area (Å²) in [6.07, 6.45) is -4.27. The quantitative estimate of drug-likeness (QED) is 0.599. The maximum atomic E-state index is 12.2. The topological polar surface area (TPSA) is 4.93 Å². The first-order valence-corrected chi connectivity index (χ1v) is 4.30. The summed E-state index contributed by atoms with van der Waals surface area (Å²) in [5.74, 6) is 0. The molecule has 1 rings (SSSR count). The molecule has 0 saturated heterocycles. The van der Waals surface area contributed by atoms with Crippen LogP contribution in [0.25, 0.3) is 0 Å². The van der Waals surface area contributed by atoms with Crippen molar-refractivity contribution in [2.24, 2.45) is 7.05 Å². The summed E-state index contributed by atoms with van der Waals surface area (Å²) in [5, 5.41) is 0. The number of halogens is 3. The lowest BCUT2D eigenvalue weighted by Gasteiger charge is -2.03. The van der Waals surface area contributed by atoms with E-state index in [9.17, 15) is 13.2 Å². The first-order valence-electron chi connectivity index (χ1n) is 3.07. The molecule has 0 saturated carbocycles. The van der Waals surface area contributed by atoms with Crippen molar-refractivity contribution < 1.29 is 13.2 Å². The van der Waals surface area contributed by atoms with Gasteiger partial charge in [0.25, 0.3) is 0 Å². The maximum Gasteiger partial charge on any atom is 0.427 e. The van der Waals surface area contributed by atoms with Gasteiger partial charge in [0.2, 0.25) is 0 Å². The highest BCUT2D eigenvalue weighted by Crippen LogP contribution is 2.35. The molecule has 1 aromatic heterocycles. The molecular formula is C6H6F3NS2. The van der Waals surface area contributed by atoms with E-state index < -0.39 is 11.1 Å². The molecule has 0 aliphatic heterocycles. The first kappa shape index (κ1) is 9.73. The van der Waals surface area contributed by atoms with Crippen LogP contribution in [0.3, 0.4) is 0 Å². The van der Waals surface area contributed by atoms with E-state index in [-0.39, 0.29) is 9.65 Å². The van der Waals surface area contributed by atoms with Crippen LogP contribution < -0.4 is 0 Å². The standard InChI is InChI=1S/C6H6F3NS2/c1-3-4(6(7,8)9)12-5(11)10(3)2/h1-2H3. The second-order valence-electron chi connectivity index (χ2n) is 2.34. The number of aromatic nitrogens is 1. The summed E-state index contributed by atoms with van der Waals surface area (Å²) in [5.41, 5.74) is 0.178. The minimum Gasteiger partial charge on any atom is -0.330 e. The Bertz CT molecular complexity index is 347. The largest absolute Gasteiger partial charge is 0.427 e. The fourth-order valence-corrected chi connectivity index (χ4v) is 2.02. The Morgan fingerprint density at radius 3 is 2.08 bits per heavy atom. The van der Waals surface area contributed by atoms with E-state index in [1.54, 1.807) is 0 Å². The molecule has 12 heavy (non-hydrogen) atoms. The molecule has 68 valence electrons. The molecule has 0 N–H and O–H groups in total. The van der Waals surface area contributed by atoms with Crippen molar-refractivity contribution >= 4 is 23.6 Å². The van der Waals surface area contributed by atoms with Crippen molar-refractivity contribution in [3.05, 3.63) is 14.5 Å². The molecular weight excluding hydrogens is 207 g/mol. The molecule has 0 spiro atoms. The summed E-state index contributed by atoms with van der Waals surface area (Å²) in [4.78, 5) is -0.602. The van der Waals surface area contributed by atoms with E-state index in [1.165, 1.54) is 18.5 Å². The predicted molar refractivity (Wildman–Crippen MR) is 43.9 cm³/mol. The van der Waals surface area contributed by atoms with Crippen molar-refractivity contribution in [1.82, 2.24) is 4.57 Å². The van der Waals surface area contributed by atoms with Crippen LogP contribution in [-0.4, -0.2) is 4.57 Å². The van der Waals surface area contributed by atoms with Crippen LogP contribution in [-0.2, 0) is 13.2 Å². The molecule has 0 unspecified atom stereocenters. The van der Waals surface area contributed by atoms with E-state index in [0.717, 1.165) is 0 Å². The molecule has 1 aromatic rings. The third-order valence-corrected chi connectivity index (χ3v) is 3.26. The molecule has 0 atom stereocenters. The Morgan fingerprint density at radius 2 is 1.92 bits per heavy atom. The van der Waals surface area contributed by atoms with Crippen molar-refractivity contribution in [2.75, 3.05) is 0 Å². The highest BCUT2D eigenvalue weighted by Gasteiger charge is 2.35. The molecule has 1 nitrogen and oxygen atoms in total. The number of rotatable bonds is 0. The van der Waals surface area contributed by atoms with Crippen LogP contribution in [0.15, 0.2) is 0 Å². The van der Waals surface area contributed by atoms with Crippen LogP contribution in [0, 0.1) is 10.9 Å². The van der Waals surface area contributed by atoms with Gasteiger partial charge in [-0.2, -0.15) is 13.2 Å². The zero-order valence-electron chi connectivity index (χ0n) is 6.40. The van der Waals surface area contributed by atoms with Gasteiger partial charge in [-0.1, -0.05) is 0 Å². The van der Waals surface area contributed by atoms with Crippen LogP contribution in [0.1, 0.15) is 10.6 Å². The van der Waals surface area contributed by atoms with Gasteiger partial charge >= 0.3 is 6.18 Å². The van der Waals surface area contributed by atoms with Gasteiger partial charge in [-0.3, -0.25) is 0 Å². The highest BCUT2D eigenvalue weighted by atomic mass is 32.1. The van der Waals surface area contributed by atoms with Crippen LogP contribution in [0.5, 0.6) is 0 Å². The Labute approximate surface area is 76.5 Å². The van der Waals surface area contributed by atoms with E-state index in [1.807, 2.05) is 0 Å². The number of thiazole rings is 1. The van der Waals surface area contributed by atoms with Gasteiger partial charge in [0.15, 0.2) is 3.95 Å². The fraction of sp³-hybridized carbons (Fsp3) is 0.500. The van der Waals surface area contributed by atoms with Crippen LogP contribution >= 0.6 is 23.6 Å². The van der Waals surface area contributed by atoms with Crippen molar-refractivity contribution in [1.29, 1.82) is 0 Å². The maximum absolute atomic E-state index is 12.2. The average molecular weight is 213 g/mol. The second kappa shape index (κ2) is 2.85. The lowest BCUT2D eigenvalue weighted by Crippen LogP contribution is -2.05. The predicted octanol–water partition coefficient (Wildman–Crippen LogP) is 3.14. The third-order valence-electron chi connectivity index (χ3n) is 1.55. The molecule has 0 fully saturated rings. The smallest absolute Gasteiger partial charge is 0.330 e. The van der Waals surface area contributed by atoms with E-state index >= 15 is 0 Å². The minimum absolute atomic E-state index is 0.178. The fourth-order valence-electron chi connectivity index (χ4n) is 0.782. The summed E-state index contributed by atoms with van der Waals surface area (Å²) in [6.45, 7) is 1.41. The Balaban J connectivity index is 3.38. The van der Waals surface area contributed by atoms with Gasteiger partial charge in [-0.05, 0) is 19.1 Å². The van der Waals surface area contributed by atoms with Gasteiger partial charge in [0.1, 0.15) is 4.88 Å². The van der Waals surface area contributed by atoms with Crippen molar-refractivity contribution in [3.63, 3.8) is 0 Å². The van der Waals surface area contributed by atoms with E-state index in [2.05, 4.69) is 0 Å². The lowest BCUT2D eigenvalue weighted by molar-refractivity contribution is -0.135. The molecule has 0 radical (unpaired) electrons. The summed E-state index contributed by atoms with van der Waals surface area (Å²) in [7, 11) is 1.53. The zero-order valence-corrected chi connectivity index (χ0v) is 8.03. The molecule has 0 aliphatic carbocycles. The Kier molecular flexibility index (Phi) is 2.31. The number of alkyl halides is 3. The Morgan fingerprint density at radius 1 is 1.42 bits per heavy atom. The first-order chi connectivity index (χ1) is 5.34. The van der Waals surface area contributed by atoms with Crippen molar-refractivity contribution in [2.45, 2.75) is 13.1 Å². The normalized spacial score (nSPS) is 12.1. The zero-order chi connectivity index (χ0) is 9.52. The van der Waals surface area contributed by atoms with Crippen LogP contribution in [0.2, 0.25) is 0 Å². The highest BCUT2D eigenvalue weighted by molar-refractivity contribution is 7.73. The van der Waals surface area contributed by atoms with E-state index in [0.29, 0.717) is 11.3 Å². The van der Waals surface area contributed by atoms with Crippen molar-refractivity contribution in [3.8, 4) is 0 Å². The molecule has 0 bridgehead atoms. The number of nitrogens with zero attached hydrogens (tertiary/aromatic N) is 1. The summed E-state index contributed by atoms with van der Waals surface area (Å²) >= 11 is 5.31. The van der Waals surface area contributed by atoms with Gasteiger partial charge in [0, 0.05) is 12.7 Å². The molecule has 6 heteroatoms. The number of hydrogen-bond acceptors (Lipinski definition) is 2. The monoisotopic (exact) mass is 213 g/mol. The summed E-state index contributed by atoms with van der Waals surface area (Å²) in [6, 6.07) is 0. The van der Waals surface area contributed by atoms with Gasteiger partial charge in [-0.25, -0.2) is 0 Å². The SMILES string of the molecule is Cc1c(C(F)(F)F)sc(=S)n1C. The molecule has 0 aliphatic rings. The van der Waals surface area contributed by atoms with Gasteiger partial charge in [-0.15, -0.1) is 11.3 Å². The molecule has 0 aromatic carbocycles. The summed E-state index contributed by atoms with van der Waals surface area (Å²) < 4.78 is 38.2. The van der Waals surface area contributed by atoms with E-state index in [4.69, 9.17) is 12.2 Å². The third kappa shape index (κ3) is 1.54. The Hall–Kier alpha value is -0.360. The molecule has 1 heterocycles.